The SMILES string of the molecule is Fc1cccc(Cc2ncc(-c3cnc(-c4ccccc4)nc3)[nH]2)c1. The molecular weight excluding hydrogens is 315 g/mol. The van der Waals surface area contributed by atoms with Crippen LogP contribution in [0.2, 0.25) is 0 Å². The van der Waals surface area contributed by atoms with E-state index in [0.29, 0.717) is 12.2 Å². The van der Waals surface area contributed by atoms with Crippen molar-refractivity contribution in [3.63, 3.8) is 0 Å². The van der Waals surface area contributed by atoms with Crippen molar-refractivity contribution in [2.45, 2.75) is 6.42 Å². The number of hydrogen-bond donors (Lipinski definition) is 1. The summed E-state index contributed by atoms with van der Waals surface area (Å²) in [6.07, 6.45) is 5.83. The molecule has 0 saturated heterocycles. The third-order valence-corrected chi connectivity index (χ3v) is 3.88. The van der Waals surface area contributed by atoms with E-state index in [1.54, 1.807) is 24.7 Å². The van der Waals surface area contributed by atoms with E-state index >= 15 is 0 Å². The lowest BCUT2D eigenvalue weighted by Crippen LogP contribution is -1.92. The maximum atomic E-state index is 13.3. The van der Waals surface area contributed by atoms with E-state index < -0.39 is 0 Å². The Balaban J connectivity index is 1.54. The normalized spacial score (nSPS) is 10.8. The molecule has 0 aliphatic carbocycles. The van der Waals surface area contributed by atoms with Gasteiger partial charge < -0.3 is 4.98 Å². The number of H-pyrrole nitrogens is 1. The van der Waals surface area contributed by atoms with Crippen LogP contribution in [0, 0.1) is 5.82 Å². The lowest BCUT2D eigenvalue weighted by Gasteiger charge is -2.01. The van der Waals surface area contributed by atoms with Crippen LogP contribution in [0.1, 0.15) is 11.4 Å². The van der Waals surface area contributed by atoms with E-state index in [0.717, 1.165) is 28.2 Å². The molecule has 0 unspecified atom stereocenters. The summed E-state index contributed by atoms with van der Waals surface area (Å²) in [4.78, 5) is 16.5. The Hall–Kier alpha value is -3.34. The Morgan fingerprint density at radius 2 is 1.60 bits per heavy atom. The van der Waals surface area contributed by atoms with Crippen molar-refractivity contribution in [1.82, 2.24) is 19.9 Å². The largest absolute Gasteiger partial charge is 0.342 e. The van der Waals surface area contributed by atoms with E-state index in [1.807, 2.05) is 36.4 Å². The Morgan fingerprint density at radius 3 is 2.36 bits per heavy atom. The molecule has 4 rings (SSSR count). The van der Waals surface area contributed by atoms with Gasteiger partial charge in [0, 0.05) is 29.9 Å². The fourth-order valence-corrected chi connectivity index (χ4v) is 2.64. The molecule has 0 bridgehead atoms. The Kier molecular flexibility index (Phi) is 4.04. The molecule has 1 N–H and O–H groups in total. The van der Waals surface area contributed by atoms with Crippen molar-refractivity contribution in [2.24, 2.45) is 0 Å². The Bertz CT molecular complexity index is 978. The number of halogens is 1. The molecule has 0 radical (unpaired) electrons. The van der Waals surface area contributed by atoms with Crippen molar-refractivity contribution in [1.29, 1.82) is 0 Å². The lowest BCUT2D eigenvalue weighted by molar-refractivity contribution is 0.626. The molecule has 0 atom stereocenters. The highest BCUT2D eigenvalue weighted by atomic mass is 19.1. The molecule has 0 aliphatic rings. The third kappa shape index (κ3) is 3.45. The highest BCUT2D eigenvalue weighted by molar-refractivity contribution is 5.60. The molecule has 0 fully saturated rings. The molecule has 0 saturated carbocycles. The number of benzene rings is 2. The van der Waals surface area contributed by atoms with Gasteiger partial charge in [-0.25, -0.2) is 19.3 Å². The maximum absolute atomic E-state index is 13.3. The number of imidazole rings is 1. The molecule has 5 heteroatoms. The van der Waals surface area contributed by atoms with Gasteiger partial charge in [-0.3, -0.25) is 0 Å². The van der Waals surface area contributed by atoms with E-state index in [1.165, 1.54) is 12.1 Å². The molecule has 0 spiro atoms. The van der Waals surface area contributed by atoms with Crippen LogP contribution in [0.5, 0.6) is 0 Å². The number of hydrogen-bond acceptors (Lipinski definition) is 3. The second-order valence-corrected chi connectivity index (χ2v) is 5.71. The van der Waals surface area contributed by atoms with Crippen molar-refractivity contribution in [3.05, 3.63) is 90.4 Å². The summed E-state index contributed by atoms with van der Waals surface area (Å²) >= 11 is 0. The number of nitrogens with one attached hydrogen (secondary N) is 1. The maximum Gasteiger partial charge on any atom is 0.159 e. The Labute approximate surface area is 144 Å². The van der Waals surface area contributed by atoms with Gasteiger partial charge in [0.25, 0.3) is 0 Å². The molecule has 4 aromatic rings. The van der Waals surface area contributed by atoms with Gasteiger partial charge in [0.1, 0.15) is 11.6 Å². The molecule has 25 heavy (non-hydrogen) atoms. The zero-order chi connectivity index (χ0) is 17.1. The first-order valence-electron chi connectivity index (χ1n) is 7.94. The van der Waals surface area contributed by atoms with Crippen molar-refractivity contribution in [2.75, 3.05) is 0 Å². The average molecular weight is 330 g/mol. The second kappa shape index (κ2) is 6.65. The van der Waals surface area contributed by atoms with Crippen LogP contribution in [-0.2, 0) is 6.42 Å². The van der Waals surface area contributed by atoms with Crippen LogP contribution in [0.4, 0.5) is 4.39 Å². The molecule has 2 aromatic heterocycles. The molecular formula is C20H15FN4. The van der Waals surface area contributed by atoms with Crippen LogP contribution >= 0.6 is 0 Å². The fraction of sp³-hybridized carbons (Fsp3) is 0.0500. The van der Waals surface area contributed by atoms with E-state index in [9.17, 15) is 4.39 Å². The summed E-state index contributed by atoms with van der Waals surface area (Å²) in [7, 11) is 0. The predicted molar refractivity (Wildman–Crippen MR) is 94.3 cm³/mol. The van der Waals surface area contributed by atoms with Crippen LogP contribution in [0.15, 0.2) is 73.2 Å². The minimum absolute atomic E-state index is 0.241. The van der Waals surface area contributed by atoms with Crippen molar-refractivity contribution >= 4 is 0 Å². The monoisotopic (exact) mass is 330 g/mol. The summed E-state index contributed by atoms with van der Waals surface area (Å²) in [5, 5.41) is 0. The number of aromatic amines is 1. The summed E-state index contributed by atoms with van der Waals surface area (Å²) in [6, 6.07) is 16.4. The van der Waals surface area contributed by atoms with E-state index in [-0.39, 0.29) is 5.82 Å². The van der Waals surface area contributed by atoms with Gasteiger partial charge in [0.15, 0.2) is 5.82 Å². The van der Waals surface area contributed by atoms with Crippen LogP contribution in [0.25, 0.3) is 22.6 Å². The number of rotatable bonds is 4. The molecule has 2 heterocycles. The van der Waals surface area contributed by atoms with Crippen LogP contribution in [-0.4, -0.2) is 19.9 Å². The third-order valence-electron chi connectivity index (χ3n) is 3.88. The minimum atomic E-state index is -0.241. The molecule has 122 valence electrons. The van der Waals surface area contributed by atoms with Crippen molar-refractivity contribution in [3.8, 4) is 22.6 Å². The number of nitrogens with zero attached hydrogens (tertiary/aromatic N) is 3. The zero-order valence-electron chi connectivity index (χ0n) is 13.4. The summed E-state index contributed by atoms with van der Waals surface area (Å²) in [6.45, 7) is 0. The quantitative estimate of drug-likeness (QED) is 0.608. The van der Waals surface area contributed by atoms with E-state index in [4.69, 9.17) is 0 Å². The molecule has 0 aliphatic heterocycles. The first-order valence-corrected chi connectivity index (χ1v) is 7.94. The van der Waals surface area contributed by atoms with Crippen LogP contribution < -0.4 is 0 Å². The molecule has 0 amide bonds. The minimum Gasteiger partial charge on any atom is -0.342 e. The first kappa shape index (κ1) is 15.2. The molecule has 4 nitrogen and oxygen atoms in total. The highest BCUT2D eigenvalue weighted by Crippen LogP contribution is 2.19. The van der Waals surface area contributed by atoms with Crippen molar-refractivity contribution < 1.29 is 4.39 Å². The van der Waals surface area contributed by atoms with Gasteiger partial charge in [0.2, 0.25) is 0 Å². The zero-order valence-corrected chi connectivity index (χ0v) is 13.4. The summed E-state index contributed by atoms with van der Waals surface area (Å²) in [5.41, 5.74) is 3.55. The van der Waals surface area contributed by atoms with E-state index in [2.05, 4.69) is 19.9 Å². The fourth-order valence-electron chi connectivity index (χ4n) is 2.64. The number of aromatic nitrogens is 4. The summed E-state index contributed by atoms with van der Waals surface area (Å²) < 4.78 is 13.3. The van der Waals surface area contributed by atoms with Gasteiger partial charge in [-0.05, 0) is 17.7 Å². The topological polar surface area (TPSA) is 54.5 Å². The second-order valence-electron chi connectivity index (χ2n) is 5.71. The van der Waals surface area contributed by atoms with Gasteiger partial charge >= 0.3 is 0 Å². The van der Waals surface area contributed by atoms with Crippen LogP contribution in [0.3, 0.4) is 0 Å². The first-order chi connectivity index (χ1) is 12.3. The standard InChI is InChI=1S/C20H15FN4/c21-17-8-4-5-14(9-17)10-19-22-13-18(25-19)16-11-23-20(24-12-16)15-6-2-1-3-7-15/h1-9,11-13H,10H2,(H,22,25). The van der Waals surface area contributed by atoms with Gasteiger partial charge in [-0.2, -0.15) is 0 Å². The lowest BCUT2D eigenvalue weighted by atomic mass is 10.1. The Morgan fingerprint density at radius 1 is 0.800 bits per heavy atom. The van der Waals surface area contributed by atoms with Gasteiger partial charge in [-0.15, -0.1) is 0 Å². The molecule has 2 aromatic carbocycles. The average Bonchev–Trinajstić information content (AvgIpc) is 3.11. The summed E-state index contributed by atoms with van der Waals surface area (Å²) in [5.74, 6) is 1.21. The van der Waals surface area contributed by atoms with Gasteiger partial charge in [0.05, 0.1) is 11.9 Å². The predicted octanol–water partition coefficient (Wildman–Crippen LogP) is 4.26. The smallest absolute Gasteiger partial charge is 0.159 e. The highest BCUT2D eigenvalue weighted by Gasteiger charge is 2.07. The van der Waals surface area contributed by atoms with Gasteiger partial charge in [-0.1, -0.05) is 42.5 Å².